The lowest BCUT2D eigenvalue weighted by atomic mass is 10.2. The van der Waals surface area contributed by atoms with Crippen molar-refractivity contribution < 1.29 is 19.0 Å². The molecule has 0 unspecified atom stereocenters. The van der Waals surface area contributed by atoms with Crippen LogP contribution in [-0.4, -0.2) is 48.2 Å². The third-order valence-corrected chi connectivity index (χ3v) is 7.15. The smallest absolute Gasteiger partial charge is 0.234 e. The zero-order chi connectivity index (χ0) is 24.8. The maximum absolute atomic E-state index is 12.4. The summed E-state index contributed by atoms with van der Waals surface area (Å²) in [5, 5.41) is 13.1. The number of thioether (sulfide) groups is 1. The summed E-state index contributed by atoms with van der Waals surface area (Å²) in [5.74, 6) is 1.97. The van der Waals surface area contributed by atoms with Crippen molar-refractivity contribution in [3.05, 3.63) is 60.3 Å². The van der Waals surface area contributed by atoms with E-state index in [4.69, 9.17) is 19.2 Å². The molecule has 0 radical (unpaired) electrons. The number of carbonyl (C=O) groups is 1. The van der Waals surface area contributed by atoms with Crippen LogP contribution in [0.2, 0.25) is 0 Å². The molecule has 2 heterocycles. The van der Waals surface area contributed by atoms with Crippen LogP contribution in [0, 0.1) is 6.92 Å². The highest BCUT2D eigenvalue weighted by molar-refractivity contribution is 7.99. The molecule has 0 saturated carbocycles. The number of hydrogen-bond acceptors (Lipinski definition) is 9. The minimum atomic E-state index is -0.158. The average Bonchev–Trinajstić information content (AvgIpc) is 3.29. The van der Waals surface area contributed by atoms with Gasteiger partial charge in [0.15, 0.2) is 11.5 Å². The summed E-state index contributed by atoms with van der Waals surface area (Å²) < 4.78 is 15.8. The van der Waals surface area contributed by atoms with Gasteiger partial charge in [0, 0.05) is 17.3 Å². The number of nitrogens with zero attached hydrogens (tertiary/aromatic N) is 3. The number of thiazole rings is 1. The molecule has 8 nitrogen and oxygen atoms in total. The maximum atomic E-state index is 12.4. The fourth-order valence-corrected chi connectivity index (χ4v) is 4.92. The van der Waals surface area contributed by atoms with Crippen LogP contribution in [0.15, 0.2) is 59.6 Å². The number of amides is 1. The van der Waals surface area contributed by atoms with Crippen molar-refractivity contribution in [1.29, 1.82) is 0 Å². The molecule has 0 fully saturated rings. The summed E-state index contributed by atoms with van der Waals surface area (Å²) in [7, 11) is 4.76. The van der Waals surface area contributed by atoms with Gasteiger partial charge in [-0.25, -0.2) is 4.98 Å². The topological polar surface area (TPSA) is 95.5 Å². The Bertz CT molecular complexity index is 1330. The Morgan fingerprint density at radius 3 is 2.51 bits per heavy atom. The first-order valence-corrected chi connectivity index (χ1v) is 12.4. The van der Waals surface area contributed by atoms with E-state index in [-0.39, 0.29) is 11.7 Å². The van der Waals surface area contributed by atoms with Crippen LogP contribution in [0.3, 0.4) is 0 Å². The van der Waals surface area contributed by atoms with Crippen LogP contribution in [-0.2, 0) is 4.79 Å². The molecule has 1 N–H and O–H groups in total. The lowest BCUT2D eigenvalue weighted by Crippen LogP contribution is -2.14. The van der Waals surface area contributed by atoms with E-state index in [0.717, 1.165) is 32.6 Å². The van der Waals surface area contributed by atoms with Crippen LogP contribution in [0.4, 0.5) is 5.69 Å². The summed E-state index contributed by atoms with van der Waals surface area (Å²) in [4.78, 5) is 18.0. The van der Waals surface area contributed by atoms with E-state index in [1.54, 1.807) is 50.9 Å². The van der Waals surface area contributed by atoms with Crippen molar-refractivity contribution >= 4 is 34.7 Å². The van der Waals surface area contributed by atoms with Gasteiger partial charge in [-0.1, -0.05) is 23.9 Å². The number of aromatic nitrogens is 3. The first-order chi connectivity index (χ1) is 17.0. The molecule has 0 spiro atoms. The number of methoxy groups -OCH3 is 3. The fraction of sp³-hybridized carbons (Fsp3) is 0.200. The highest BCUT2D eigenvalue weighted by atomic mass is 32.2. The van der Waals surface area contributed by atoms with Gasteiger partial charge < -0.3 is 19.5 Å². The summed E-state index contributed by atoms with van der Waals surface area (Å²) in [5.41, 5.74) is 3.25. The summed E-state index contributed by atoms with van der Waals surface area (Å²) >= 11 is 2.87. The van der Waals surface area contributed by atoms with Gasteiger partial charge in [-0.15, -0.1) is 21.5 Å². The SMILES string of the molecule is COc1cccc(-c2nc(C)c(-c3ccc(SCC(=O)Nc4ccc(OC)c(OC)c4)nn3)s2)c1. The molecule has 4 rings (SSSR count). The van der Waals surface area contributed by atoms with Gasteiger partial charge in [0.25, 0.3) is 0 Å². The van der Waals surface area contributed by atoms with Gasteiger partial charge in [-0.05, 0) is 43.3 Å². The van der Waals surface area contributed by atoms with Crippen LogP contribution in [0.1, 0.15) is 5.69 Å². The number of anilines is 1. The largest absolute Gasteiger partial charge is 0.497 e. The van der Waals surface area contributed by atoms with Crippen molar-refractivity contribution in [1.82, 2.24) is 15.2 Å². The number of nitrogens with one attached hydrogen (secondary N) is 1. The monoisotopic (exact) mass is 508 g/mol. The fourth-order valence-electron chi connectivity index (χ4n) is 3.28. The zero-order valence-corrected chi connectivity index (χ0v) is 21.3. The van der Waals surface area contributed by atoms with Gasteiger partial charge in [0.2, 0.25) is 5.91 Å². The molecule has 0 aliphatic carbocycles. The van der Waals surface area contributed by atoms with Crippen molar-refractivity contribution in [2.45, 2.75) is 11.9 Å². The lowest BCUT2D eigenvalue weighted by molar-refractivity contribution is -0.113. The molecule has 2 aromatic carbocycles. The van der Waals surface area contributed by atoms with Crippen molar-refractivity contribution in [2.24, 2.45) is 0 Å². The third kappa shape index (κ3) is 5.90. The van der Waals surface area contributed by atoms with Gasteiger partial charge in [0.1, 0.15) is 21.5 Å². The van der Waals surface area contributed by atoms with E-state index >= 15 is 0 Å². The lowest BCUT2D eigenvalue weighted by Gasteiger charge is -2.10. The molecular formula is C25H24N4O4S2. The van der Waals surface area contributed by atoms with Crippen LogP contribution >= 0.6 is 23.1 Å². The van der Waals surface area contributed by atoms with E-state index in [0.29, 0.717) is 22.2 Å². The Kier molecular flexibility index (Phi) is 7.84. The first kappa shape index (κ1) is 24.5. The second-order valence-electron chi connectivity index (χ2n) is 7.33. The number of ether oxygens (including phenoxy) is 3. The Labute approximate surface area is 211 Å². The predicted octanol–water partition coefficient (Wildman–Crippen LogP) is 5.33. The molecule has 10 heteroatoms. The van der Waals surface area contributed by atoms with E-state index in [9.17, 15) is 4.79 Å². The molecule has 0 saturated heterocycles. The first-order valence-electron chi connectivity index (χ1n) is 10.6. The van der Waals surface area contributed by atoms with Gasteiger partial charge >= 0.3 is 0 Å². The van der Waals surface area contributed by atoms with Crippen LogP contribution in [0.25, 0.3) is 21.1 Å². The Morgan fingerprint density at radius 2 is 1.80 bits per heavy atom. The molecule has 2 aromatic heterocycles. The molecular weight excluding hydrogens is 484 g/mol. The predicted molar refractivity (Wildman–Crippen MR) is 139 cm³/mol. The number of aryl methyl sites for hydroxylation is 1. The number of hydrogen-bond donors (Lipinski definition) is 1. The third-order valence-electron chi connectivity index (χ3n) is 5.00. The minimum Gasteiger partial charge on any atom is -0.497 e. The molecule has 0 aliphatic heterocycles. The highest BCUT2D eigenvalue weighted by Gasteiger charge is 2.14. The minimum absolute atomic E-state index is 0.158. The number of carbonyl (C=O) groups excluding carboxylic acids is 1. The Morgan fingerprint density at radius 1 is 0.971 bits per heavy atom. The Balaban J connectivity index is 1.39. The average molecular weight is 509 g/mol. The molecule has 4 aromatic rings. The Hall–Kier alpha value is -3.63. The quantitative estimate of drug-likeness (QED) is 0.303. The molecule has 0 bridgehead atoms. The standard InChI is InChI=1S/C25H24N4O4S2/c1-15-24(35-25(26-15)16-6-5-7-18(12-16)31-2)19-9-11-23(29-28-19)34-14-22(30)27-17-8-10-20(32-3)21(13-17)33-4/h5-13H,14H2,1-4H3,(H,27,30). The van der Waals surface area contributed by atoms with Gasteiger partial charge in [-0.2, -0.15) is 0 Å². The highest BCUT2D eigenvalue weighted by Crippen LogP contribution is 2.35. The summed E-state index contributed by atoms with van der Waals surface area (Å²) in [6.45, 7) is 1.96. The van der Waals surface area contributed by atoms with E-state index in [2.05, 4.69) is 15.5 Å². The summed E-state index contributed by atoms with van der Waals surface area (Å²) in [6, 6.07) is 16.8. The van der Waals surface area contributed by atoms with Crippen molar-refractivity contribution in [3.63, 3.8) is 0 Å². The van der Waals surface area contributed by atoms with Crippen LogP contribution in [0.5, 0.6) is 17.2 Å². The van der Waals surface area contributed by atoms with Crippen molar-refractivity contribution in [3.8, 4) is 38.4 Å². The molecule has 180 valence electrons. The number of benzene rings is 2. The van der Waals surface area contributed by atoms with Crippen molar-refractivity contribution in [2.75, 3.05) is 32.4 Å². The molecule has 1 amide bonds. The second kappa shape index (κ2) is 11.2. The number of rotatable bonds is 9. The van der Waals surface area contributed by atoms with Crippen LogP contribution < -0.4 is 19.5 Å². The van der Waals surface area contributed by atoms with Gasteiger partial charge in [0.05, 0.1) is 37.7 Å². The van der Waals surface area contributed by atoms with Gasteiger partial charge in [-0.3, -0.25) is 4.79 Å². The molecule has 0 atom stereocenters. The summed E-state index contributed by atoms with van der Waals surface area (Å²) in [6.07, 6.45) is 0. The normalized spacial score (nSPS) is 10.6. The molecule has 0 aliphatic rings. The van der Waals surface area contributed by atoms with E-state index in [1.165, 1.54) is 11.8 Å². The maximum Gasteiger partial charge on any atom is 0.234 e. The zero-order valence-electron chi connectivity index (χ0n) is 19.7. The van der Waals surface area contributed by atoms with E-state index in [1.807, 2.05) is 43.3 Å². The second-order valence-corrected chi connectivity index (χ2v) is 9.32. The molecule has 35 heavy (non-hydrogen) atoms. The van der Waals surface area contributed by atoms with E-state index < -0.39 is 0 Å².